The highest BCUT2D eigenvalue weighted by atomic mass is 32.2. The number of rotatable bonds is 9. The zero-order valence-corrected chi connectivity index (χ0v) is 13.1. The number of sulfonamides is 1. The van der Waals surface area contributed by atoms with Crippen LogP contribution in [-0.2, 0) is 15.8 Å². The van der Waals surface area contributed by atoms with E-state index in [1.54, 1.807) is 24.3 Å². The Morgan fingerprint density at radius 3 is 2.55 bits per heavy atom. The van der Waals surface area contributed by atoms with Gasteiger partial charge in [-0.3, -0.25) is 0 Å². The molecule has 0 aromatic heterocycles. The summed E-state index contributed by atoms with van der Waals surface area (Å²) < 4.78 is 26.5. The van der Waals surface area contributed by atoms with E-state index in [-0.39, 0.29) is 5.75 Å². The Morgan fingerprint density at radius 2 is 1.95 bits per heavy atom. The molecule has 0 amide bonds. The highest BCUT2D eigenvalue weighted by molar-refractivity contribution is 7.88. The molecule has 0 unspecified atom stereocenters. The molecule has 0 radical (unpaired) electrons. The maximum absolute atomic E-state index is 11.9. The van der Waals surface area contributed by atoms with Crippen molar-refractivity contribution in [2.75, 3.05) is 31.9 Å². The van der Waals surface area contributed by atoms with Crippen LogP contribution in [-0.4, -0.2) is 39.5 Å². The van der Waals surface area contributed by atoms with E-state index in [9.17, 15) is 8.42 Å². The SMILES string of the molecule is CCN(CC)CCCNS(=O)(=O)Cc1cccc(N)c1. The summed E-state index contributed by atoms with van der Waals surface area (Å²) in [6.45, 7) is 7.58. The quantitative estimate of drug-likeness (QED) is 0.534. The molecule has 0 aliphatic carbocycles. The van der Waals surface area contributed by atoms with Gasteiger partial charge in [-0.1, -0.05) is 26.0 Å². The number of nitrogen functional groups attached to an aromatic ring is 1. The normalized spacial score (nSPS) is 11.9. The fourth-order valence-electron chi connectivity index (χ4n) is 2.02. The van der Waals surface area contributed by atoms with Crippen LogP contribution in [0, 0.1) is 0 Å². The van der Waals surface area contributed by atoms with E-state index < -0.39 is 10.0 Å². The number of nitrogens with zero attached hydrogens (tertiary/aromatic N) is 1. The van der Waals surface area contributed by atoms with Gasteiger partial charge >= 0.3 is 0 Å². The number of nitrogens with one attached hydrogen (secondary N) is 1. The minimum absolute atomic E-state index is 0.0245. The molecule has 3 N–H and O–H groups in total. The van der Waals surface area contributed by atoms with Crippen molar-refractivity contribution in [1.29, 1.82) is 0 Å². The van der Waals surface area contributed by atoms with Crippen LogP contribution in [0.1, 0.15) is 25.8 Å². The molecule has 1 aromatic carbocycles. The van der Waals surface area contributed by atoms with Gasteiger partial charge in [0.05, 0.1) is 5.75 Å². The molecule has 0 aliphatic rings. The van der Waals surface area contributed by atoms with Crippen LogP contribution in [0.15, 0.2) is 24.3 Å². The smallest absolute Gasteiger partial charge is 0.215 e. The number of hydrogen-bond donors (Lipinski definition) is 2. The highest BCUT2D eigenvalue weighted by Crippen LogP contribution is 2.09. The lowest BCUT2D eigenvalue weighted by Gasteiger charge is -2.17. The van der Waals surface area contributed by atoms with Crippen molar-refractivity contribution < 1.29 is 8.42 Å². The summed E-state index contributed by atoms with van der Waals surface area (Å²) >= 11 is 0. The molecule has 1 aromatic rings. The minimum atomic E-state index is -3.29. The van der Waals surface area contributed by atoms with Crippen LogP contribution in [0.25, 0.3) is 0 Å². The van der Waals surface area contributed by atoms with Crippen LogP contribution in [0.3, 0.4) is 0 Å². The number of benzene rings is 1. The first-order valence-corrected chi connectivity index (χ1v) is 8.66. The molecule has 5 nitrogen and oxygen atoms in total. The summed E-state index contributed by atoms with van der Waals surface area (Å²) in [6, 6.07) is 6.97. The molecule has 114 valence electrons. The van der Waals surface area contributed by atoms with Crippen molar-refractivity contribution in [1.82, 2.24) is 9.62 Å². The number of nitrogens with two attached hydrogens (primary N) is 1. The van der Waals surface area contributed by atoms with Gasteiger partial charge in [0.1, 0.15) is 0 Å². The Morgan fingerprint density at radius 1 is 1.25 bits per heavy atom. The van der Waals surface area contributed by atoms with E-state index in [1.165, 1.54) is 0 Å². The van der Waals surface area contributed by atoms with Crippen molar-refractivity contribution in [3.05, 3.63) is 29.8 Å². The van der Waals surface area contributed by atoms with Gasteiger partial charge in [0.15, 0.2) is 0 Å². The summed E-state index contributed by atoms with van der Waals surface area (Å²) in [5.41, 5.74) is 6.93. The number of hydrogen-bond acceptors (Lipinski definition) is 4. The van der Waals surface area contributed by atoms with Gasteiger partial charge in [-0.15, -0.1) is 0 Å². The van der Waals surface area contributed by atoms with Gasteiger partial charge in [0.25, 0.3) is 0 Å². The van der Waals surface area contributed by atoms with E-state index in [0.717, 1.165) is 26.1 Å². The Bertz CT molecular complexity index is 499. The molecular weight excluding hydrogens is 274 g/mol. The van der Waals surface area contributed by atoms with E-state index >= 15 is 0 Å². The summed E-state index contributed by atoms with van der Waals surface area (Å²) in [4.78, 5) is 2.27. The van der Waals surface area contributed by atoms with Crippen LogP contribution in [0.5, 0.6) is 0 Å². The van der Waals surface area contributed by atoms with Crippen molar-refractivity contribution in [2.24, 2.45) is 0 Å². The first-order valence-electron chi connectivity index (χ1n) is 7.01. The number of anilines is 1. The fraction of sp³-hybridized carbons (Fsp3) is 0.571. The summed E-state index contributed by atoms with van der Waals surface area (Å²) in [5, 5.41) is 0. The fourth-order valence-corrected chi connectivity index (χ4v) is 3.20. The molecule has 1 rings (SSSR count). The molecule has 0 saturated heterocycles. The Labute approximate surface area is 122 Å². The van der Waals surface area contributed by atoms with Crippen molar-refractivity contribution in [2.45, 2.75) is 26.0 Å². The van der Waals surface area contributed by atoms with Crippen LogP contribution in [0.4, 0.5) is 5.69 Å². The Kier molecular flexibility index (Phi) is 6.98. The maximum Gasteiger partial charge on any atom is 0.215 e. The monoisotopic (exact) mass is 299 g/mol. The van der Waals surface area contributed by atoms with E-state index in [2.05, 4.69) is 23.5 Å². The van der Waals surface area contributed by atoms with E-state index in [1.807, 2.05) is 0 Å². The lowest BCUT2D eigenvalue weighted by atomic mass is 10.2. The van der Waals surface area contributed by atoms with Gasteiger partial charge < -0.3 is 10.6 Å². The minimum Gasteiger partial charge on any atom is -0.399 e. The second-order valence-corrected chi connectivity index (χ2v) is 6.59. The second-order valence-electron chi connectivity index (χ2n) is 4.78. The van der Waals surface area contributed by atoms with E-state index in [0.29, 0.717) is 17.8 Å². The molecule has 0 spiro atoms. The zero-order valence-electron chi connectivity index (χ0n) is 12.3. The van der Waals surface area contributed by atoms with Crippen molar-refractivity contribution >= 4 is 15.7 Å². The van der Waals surface area contributed by atoms with Gasteiger partial charge in [-0.25, -0.2) is 13.1 Å². The maximum atomic E-state index is 11.9. The first kappa shape index (κ1) is 16.9. The van der Waals surface area contributed by atoms with Gasteiger partial charge in [0.2, 0.25) is 10.0 Å². The van der Waals surface area contributed by atoms with Crippen molar-refractivity contribution in [3.63, 3.8) is 0 Å². The third kappa shape index (κ3) is 6.36. The molecule has 0 atom stereocenters. The first-order chi connectivity index (χ1) is 9.46. The Balaban J connectivity index is 2.39. The van der Waals surface area contributed by atoms with Crippen LogP contribution >= 0.6 is 0 Å². The summed E-state index contributed by atoms with van der Waals surface area (Å²) in [5.74, 6) is -0.0245. The molecule has 0 bridgehead atoms. The van der Waals surface area contributed by atoms with Crippen molar-refractivity contribution in [3.8, 4) is 0 Å². The largest absolute Gasteiger partial charge is 0.399 e. The average molecular weight is 299 g/mol. The van der Waals surface area contributed by atoms with Gasteiger partial charge in [-0.05, 0) is 43.8 Å². The molecule has 0 aliphatic heterocycles. The average Bonchev–Trinajstić information content (AvgIpc) is 2.38. The second kappa shape index (κ2) is 8.24. The summed E-state index contributed by atoms with van der Waals surface area (Å²) in [6.07, 6.45) is 0.817. The molecule has 0 fully saturated rings. The van der Waals surface area contributed by atoms with Crippen LogP contribution in [0.2, 0.25) is 0 Å². The molecule has 0 heterocycles. The zero-order chi connectivity index (χ0) is 15.0. The predicted molar refractivity (Wildman–Crippen MR) is 83.9 cm³/mol. The Hall–Kier alpha value is -1.11. The highest BCUT2D eigenvalue weighted by Gasteiger charge is 2.11. The van der Waals surface area contributed by atoms with E-state index in [4.69, 9.17) is 5.73 Å². The molecule has 6 heteroatoms. The summed E-state index contributed by atoms with van der Waals surface area (Å²) in [7, 11) is -3.29. The third-order valence-corrected chi connectivity index (χ3v) is 4.53. The predicted octanol–water partition coefficient (Wildman–Crippen LogP) is 1.42. The lowest BCUT2D eigenvalue weighted by molar-refractivity contribution is 0.300. The molecule has 0 saturated carbocycles. The van der Waals surface area contributed by atoms with Gasteiger partial charge in [-0.2, -0.15) is 0 Å². The van der Waals surface area contributed by atoms with Crippen LogP contribution < -0.4 is 10.5 Å². The molecular formula is C14H25N3O2S. The topological polar surface area (TPSA) is 75.4 Å². The lowest BCUT2D eigenvalue weighted by Crippen LogP contribution is -2.30. The third-order valence-electron chi connectivity index (χ3n) is 3.18. The van der Waals surface area contributed by atoms with Gasteiger partial charge in [0, 0.05) is 12.2 Å². The standard InChI is InChI=1S/C14H25N3O2S/c1-3-17(4-2)10-6-9-16-20(18,19)12-13-7-5-8-14(15)11-13/h5,7-8,11,16H,3-4,6,9-10,12,15H2,1-2H3. The molecule has 20 heavy (non-hydrogen) atoms.